The molecule has 0 saturated carbocycles. The van der Waals surface area contributed by atoms with E-state index in [1.165, 1.54) is 6.92 Å². The molecule has 4 rings (SSSR count). The summed E-state index contributed by atoms with van der Waals surface area (Å²) in [4.78, 5) is 30.5. The first-order valence-electron chi connectivity index (χ1n) is 9.28. The van der Waals surface area contributed by atoms with Gasteiger partial charge in [-0.1, -0.05) is 18.2 Å². The molecule has 1 N–H and O–H groups in total. The molecule has 0 aromatic heterocycles. The molecule has 0 unspecified atom stereocenters. The summed E-state index contributed by atoms with van der Waals surface area (Å²) in [5, 5.41) is 2.94. The number of anilines is 1. The summed E-state index contributed by atoms with van der Waals surface area (Å²) in [6.45, 7) is 3.24. The number of nitrogens with zero attached hydrogens (tertiary/aromatic N) is 2. The van der Waals surface area contributed by atoms with E-state index >= 15 is 0 Å². The van der Waals surface area contributed by atoms with Crippen molar-refractivity contribution in [1.29, 1.82) is 0 Å². The highest BCUT2D eigenvalue weighted by molar-refractivity contribution is 6.09. The van der Waals surface area contributed by atoms with Crippen LogP contribution in [-0.2, 0) is 9.59 Å². The molecular weight excluding hydrogens is 354 g/mol. The van der Waals surface area contributed by atoms with Crippen molar-refractivity contribution in [2.45, 2.75) is 13.3 Å². The quantitative estimate of drug-likeness (QED) is 0.896. The number of hydrogen-bond acceptors (Lipinski definition) is 4. The molecule has 2 amide bonds. The lowest BCUT2D eigenvalue weighted by Gasteiger charge is -2.16. The maximum absolute atomic E-state index is 12.7. The van der Waals surface area contributed by atoms with Crippen molar-refractivity contribution in [3.05, 3.63) is 65.2 Å². The SMILES string of the molecule is CC(=O)N1CCN=C1c1ccc(NC(=O)C2=Cc3ccccc3OCC2)cc1. The molecule has 0 fully saturated rings. The number of carbonyl (C=O) groups is 2. The molecule has 2 aromatic rings. The number of para-hydroxylation sites is 1. The minimum Gasteiger partial charge on any atom is -0.493 e. The molecule has 2 aromatic carbocycles. The fourth-order valence-electron chi connectivity index (χ4n) is 3.36. The molecule has 0 bridgehead atoms. The highest BCUT2D eigenvalue weighted by Crippen LogP contribution is 2.26. The molecular formula is C22H21N3O3. The average Bonchev–Trinajstić information content (AvgIpc) is 3.09. The molecule has 2 heterocycles. The van der Waals surface area contributed by atoms with Crippen molar-refractivity contribution in [3.8, 4) is 5.75 Å². The summed E-state index contributed by atoms with van der Waals surface area (Å²) in [6.07, 6.45) is 2.42. The lowest BCUT2D eigenvalue weighted by atomic mass is 10.1. The summed E-state index contributed by atoms with van der Waals surface area (Å²) in [6, 6.07) is 15.1. The van der Waals surface area contributed by atoms with Gasteiger partial charge in [0, 0.05) is 42.3 Å². The fourth-order valence-corrected chi connectivity index (χ4v) is 3.36. The van der Waals surface area contributed by atoms with Crippen LogP contribution in [0.3, 0.4) is 0 Å². The molecule has 0 aliphatic carbocycles. The van der Waals surface area contributed by atoms with Crippen LogP contribution >= 0.6 is 0 Å². The first-order chi connectivity index (χ1) is 13.6. The van der Waals surface area contributed by atoms with Gasteiger partial charge in [0.05, 0.1) is 13.2 Å². The number of nitrogens with one attached hydrogen (secondary N) is 1. The van der Waals surface area contributed by atoms with E-state index in [4.69, 9.17) is 4.74 Å². The maximum Gasteiger partial charge on any atom is 0.251 e. The number of ether oxygens (including phenoxy) is 1. The van der Waals surface area contributed by atoms with Gasteiger partial charge in [-0.3, -0.25) is 19.5 Å². The summed E-state index contributed by atoms with van der Waals surface area (Å²) < 4.78 is 5.70. The molecule has 6 nitrogen and oxygen atoms in total. The van der Waals surface area contributed by atoms with Crippen LogP contribution in [0.2, 0.25) is 0 Å². The van der Waals surface area contributed by atoms with Gasteiger partial charge in [0.25, 0.3) is 5.91 Å². The van der Waals surface area contributed by atoms with Crippen molar-refractivity contribution >= 4 is 29.4 Å². The van der Waals surface area contributed by atoms with E-state index < -0.39 is 0 Å². The van der Waals surface area contributed by atoms with Crippen molar-refractivity contribution in [1.82, 2.24) is 4.90 Å². The molecule has 0 spiro atoms. The molecule has 6 heteroatoms. The van der Waals surface area contributed by atoms with Gasteiger partial charge >= 0.3 is 0 Å². The van der Waals surface area contributed by atoms with Gasteiger partial charge < -0.3 is 10.1 Å². The summed E-state index contributed by atoms with van der Waals surface area (Å²) in [5.74, 6) is 1.32. The molecule has 2 aliphatic heterocycles. The van der Waals surface area contributed by atoms with Gasteiger partial charge in [0.15, 0.2) is 0 Å². The lowest BCUT2D eigenvalue weighted by Crippen LogP contribution is -2.32. The Kier molecular flexibility index (Phi) is 4.93. The zero-order valence-corrected chi connectivity index (χ0v) is 15.6. The van der Waals surface area contributed by atoms with Gasteiger partial charge in [-0.15, -0.1) is 0 Å². The van der Waals surface area contributed by atoms with Crippen LogP contribution in [0.15, 0.2) is 59.1 Å². The Morgan fingerprint density at radius 3 is 2.68 bits per heavy atom. The Morgan fingerprint density at radius 1 is 1.11 bits per heavy atom. The Morgan fingerprint density at radius 2 is 1.89 bits per heavy atom. The van der Waals surface area contributed by atoms with Gasteiger partial charge in [-0.2, -0.15) is 0 Å². The van der Waals surface area contributed by atoms with Crippen LogP contribution in [0.1, 0.15) is 24.5 Å². The Hall–Kier alpha value is -3.41. The van der Waals surface area contributed by atoms with E-state index in [-0.39, 0.29) is 11.8 Å². The third-order valence-corrected chi connectivity index (χ3v) is 4.79. The first kappa shape index (κ1) is 18.0. The summed E-state index contributed by atoms with van der Waals surface area (Å²) in [7, 11) is 0. The highest BCUT2D eigenvalue weighted by Gasteiger charge is 2.22. The second-order valence-electron chi connectivity index (χ2n) is 6.71. The van der Waals surface area contributed by atoms with Crippen molar-refractivity contribution in [3.63, 3.8) is 0 Å². The smallest absolute Gasteiger partial charge is 0.251 e. The van der Waals surface area contributed by atoms with E-state index in [0.29, 0.717) is 43.2 Å². The average molecular weight is 375 g/mol. The molecule has 0 radical (unpaired) electrons. The number of carbonyl (C=O) groups excluding carboxylic acids is 2. The van der Waals surface area contributed by atoms with E-state index in [9.17, 15) is 9.59 Å². The van der Waals surface area contributed by atoms with Crippen LogP contribution in [-0.4, -0.2) is 42.2 Å². The van der Waals surface area contributed by atoms with Gasteiger partial charge in [-0.05, 0) is 36.4 Å². The van der Waals surface area contributed by atoms with E-state index in [1.54, 1.807) is 4.90 Å². The second-order valence-corrected chi connectivity index (χ2v) is 6.71. The zero-order valence-electron chi connectivity index (χ0n) is 15.6. The number of amides is 2. The predicted molar refractivity (Wildman–Crippen MR) is 108 cm³/mol. The van der Waals surface area contributed by atoms with E-state index in [0.717, 1.165) is 16.9 Å². The topological polar surface area (TPSA) is 71.0 Å². The second kappa shape index (κ2) is 7.68. The van der Waals surface area contributed by atoms with Crippen molar-refractivity contribution < 1.29 is 14.3 Å². The van der Waals surface area contributed by atoms with Crippen LogP contribution < -0.4 is 10.1 Å². The third-order valence-electron chi connectivity index (χ3n) is 4.79. The molecule has 142 valence electrons. The Balaban J connectivity index is 1.48. The molecule has 28 heavy (non-hydrogen) atoms. The Bertz CT molecular complexity index is 977. The van der Waals surface area contributed by atoms with Crippen LogP contribution in [0.25, 0.3) is 6.08 Å². The third kappa shape index (κ3) is 3.67. The number of aliphatic imine (C=N–C) groups is 1. The molecule has 0 saturated heterocycles. The Labute approximate surface area is 163 Å². The van der Waals surface area contributed by atoms with Crippen molar-refractivity contribution in [2.24, 2.45) is 4.99 Å². The number of benzene rings is 2. The highest BCUT2D eigenvalue weighted by atomic mass is 16.5. The minimum absolute atomic E-state index is 0.0172. The minimum atomic E-state index is -0.142. The number of amidine groups is 1. The van der Waals surface area contributed by atoms with Gasteiger partial charge in [0.1, 0.15) is 11.6 Å². The largest absolute Gasteiger partial charge is 0.493 e. The standard InChI is InChI=1S/C22H21N3O3/c1-15(26)25-12-11-23-21(25)16-6-8-19(9-7-16)24-22(27)18-10-13-28-20-5-3-2-4-17(20)14-18/h2-9,14H,10-13H2,1H3,(H,24,27). The van der Waals surface area contributed by atoms with Crippen LogP contribution in [0.4, 0.5) is 5.69 Å². The number of hydrogen-bond donors (Lipinski definition) is 1. The lowest BCUT2D eigenvalue weighted by molar-refractivity contribution is -0.124. The van der Waals surface area contributed by atoms with E-state index in [1.807, 2.05) is 54.6 Å². The normalized spacial score (nSPS) is 15.7. The first-order valence-corrected chi connectivity index (χ1v) is 9.28. The van der Waals surface area contributed by atoms with Crippen molar-refractivity contribution in [2.75, 3.05) is 25.0 Å². The molecule has 2 aliphatic rings. The van der Waals surface area contributed by atoms with Gasteiger partial charge in [-0.25, -0.2) is 0 Å². The zero-order chi connectivity index (χ0) is 19.5. The number of fused-ring (bicyclic) bond motifs is 1. The van der Waals surface area contributed by atoms with Crippen LogP contribution in [0, 0.1) is 0 Å². The monoisotopic (exact) mass is 375 g/mol. The predicted octanol–water partition coefficient (Wildman–Crippen LogP) is 3.10. The summed E-state index contributed by atoms with van der Waals surface area (Å²) >= 11 is 0. The van der Waals surface area contributed by atoms with Gasteiger partial charge in [0.2, 0.25) is 5.91 Å². The number of rotatable bonds is 3. The maximum atomic E-state index is 12.7. The molecule has 0 atom stereocenters. The van der Waals surface area contributed by atoms with Crippen LogP contribution in [0.5, 0.6) is 5.75 Å². The summed E-state index contributed by atoms with van der Waals surface area (Å²) in [5.41, 5.74) is 3.14. The van der Waals surface area contributed by atoms with E-state index in [2.05, 4.69) is 10.3 Å². The fraction of sp³-hybridized carbons (Fsp3) is 0.227.